The van der Waals surface area contributed by atoms with E-state index in [2.05, 4.69) is 19.7 Å². The maximum absolute atomic E-state index is 11.7. The second-order valence-electron chi connectivity index (χ2n) is 5.58. The smallest absolute Gasteiger partial charge is 0.422 e. The normalized spacial score (nSPS) is 12.3. The number of hydrogen-bond acceptors (Lipinski definition) is 5. The average Bonchev–Trinajstić information content (AvgIpc) is 2.61. The molecule has 1 amide bonds. The van der Waals surface area contributed by atoms with Crippen LogP contribution in [0.2, 0.25) is 0 Å². The standard InChI is InChI=1S/C11H20N4O4S/c1-7(2)19-10(16)15-20(17,18)14-9-6-8(12-13-9)11(3,4)5/h6-7H,1-5H3,(H,15,16)(H2,12,13,14). The lowest BCUT2D eigenvalue weighted by atomic mass is 9.92. The Morgan fingerprint density at radius 3 is 2.45 bits per heavy atom. The van der Waals surface area contributed by atoms with Crippen LogP contribution < -0.4 is 9.44 Å². The fourth-order valence-corrected chi connectivity index (χ4v) is 1.97. The molecule has 1 aromatic heterocycles. The number of carbonyl (C=O) groups excluding carboxylic acids is 1. The molecular formula is C11H20N4O4S. The number of H-pyrrole nitrogens is 1. The number of amides is 1. The Hall–Kier alpha value is -1.77. The number of ether oxygens (including phenoxy) is 1. The Labute approximate surface area is 118 Å². The first kappa shape index (κ1) is 16.3. The van der Waals surface area contributed by atoms with Crippen molar-refractivity contribution in [2.75, 3.05) is 4.72 Å². The van der Waals surface area contributed by atoms with Gasteiger partial charge in [-0.1, -0.05) is 20.8 Å². The first-order chi connectivity index (χ1) is 8.99. The molecule has 0 unspecified atom stereocenters. The van der Waals surface area contributed by atoms with Crippen LogP contribution in [0.5, 0.6) is 0 Å². The number of aromatic amines is 1. The van der Waals surface area contributed by atoms with Gasteiger partial charge < -0.3 is 4.74 Å². The second-order valence-corrected chi connectivity index (χ2v) is 6.99. The summed E-state index contributed by atoms with van der Waals surface area (Å²) >= 11 is 0. The molecule has 1 aromatic rings. The van der Waals surface area contributed by atoms with Gasteiger partial charge in [-0.2, -0.15) is 13.5 Å². The van der Waals surface area contributed by atoms with Gasteiger partial charge in [0.25, 0.3) is 0 Å². The van der Waals surface area contributed by atoms with Crippen molar-refractivity contribution in [1.29, 1.82) is 0 Å². The molecule has 0 aliphatic heterocycles. The zero-order valence-corrected chi connectivity index (χ0v) is 13.0. The van der Waals surface area contributed by atoms with Gasteiger partial charge in [-0.05, 0) is 13.8 Å². The minimum Gasteiger partial charge on any atom is -0.446 e. The molecule has 0 radical (unpaired) electrons. The van der Waals surface area contributed by atoms with Gasteiger partial charge in [0.15, 0.2) is 5.82 Å². The van der Waals surface area contributed by atoms with Crippen LogP contribution in [0.1, 0.15) is 40.3 Å². The summed E-state index contributed by atoms with van der Waals surface area (Å²) in [6.45, 7) is 9.09. The van der Waals surface area contributed by atoms with Crippen molar-refractivity contribution in [2.24, 2.45) is 0 Å². The summed E-state index contributed by atoms with van der Waals surface area (Å²) < 4.78 is 31.9. The molecule has 9 heteroatoms. The highest BCUT2D eigenvalue weighted by Crippen LogP contribution is 2.22. The fourth-order valence-electron chi connectivity index (χ4n) is 1.27. The summed E-state index contributed by atoms with van der Waals surface area (Å²) in [5.41, 5.74) is 0.570. The minimum atomic E-state index is -4.07. The van der Waals surface area contributed by atoms with Gasteiger partial charge in [0.1, 0.15) is 0 Å². The Bertz CT molecular complexity index is 571. The van der Waals surface area contributed by atoms with Gasteiger partial charge in [-0.15, -0.1) is 0 Å². The van der Waals surface area contributed by atoms with Crippen molar-refractivity contribution < 1.29 is 17.9 Å². The van der Waals surface area contributed by atoms with Crippen LogP contribution in [-0.2, 0) is 20.4 Å². The summed E-state index contributed by atoms with van der Waals surface area (Å²) in [5.74, 6) is 0.0970. The molecule has 114 valence electrons. The lowest BCUT2D eigenvalue weighted by Crippen LogP contribution is -2.36. The molecule has 0 atom stereocenters. The monoisotopic (exact) mass is 304 g/mol. The van der Waals surface area contributed by atoms with E-state index in [9.17, 15) is 13.2 Å². The number of carbonyl (C=O) groups is 1. The number of anilines is 1. The molecule has 8 nitrogen and oxygen atoms in total. The Morgan fingerprint density at radius 2 is 2.00 bits per heavy atom. The van der Waals surface area contributed by atoms with E-state index in [4.69, 9.17) is 0 Å². The highest BCUT2D eigenvalue weighted by Gasteiger charge is 2.20. The van der Waals surface area contributed by atoms with Crippen molar-refractivity contribution in [3.05, 3.63) is 11.8 Å². The largest absolute Gasteiger partial charge is 0.446 e. The van der Waals surface area contributed by atoms with Crippen LogP contribution in [0, 0.1) is 0 Å². The van der Waals surface area contributed by atoms with Crippen LogP contribution in [0.3, 0.4) is 0 Å². The molecule has 0 bridgehead atoms. The van der Waals surface area contributed by atoms with E-state index >= 15 is 0 Å². The first-order valence-corrected chi connectivity index (χ1v) is 7.55. The van der Waals surface area contributed by atoms with Crippen LogP contribution >= 0.6 is 0 Å². The van der Waals surface area contributed by atoms with Gasteiger partial charge in [0, 0.05) is 17.2 Å². The molecule has 20 heavy (non-hydrogen) atoms. The van der Waals surface area contributed by atoms with Gasteiger partial charge in [0.2, 0.25) is 0 Å². The predicted molar refractivity (Wildman–Crippen MR) is 74.6 cm³/mol. The molecule has 0 fully saturated rings. The first-order valence-electron chi connectivity index (χ1n) is 6.06. The third-order valence-electron chi connectivity index (χ3n) is 2.19. The highest BCUT2D eigenvalue weighted by atomic mass is 32.2. The second kappa shape index (κ2) is 5.70. The Balaban J connectivity index is 2.72. The van der Waals surface area contributed by atoms with Crippen molar-refractivity contribution in [3.63, 3.8) is 0 Å². The van der Waals surface area contributed by atoms with E-state index in [-0.39, 0.29) is 11.2 Å². The quantitative estimate of drug-likeness (QED) is 0.780. The number of nitrogens with zero attached hydrogens (tertiary/aromatic N) is 1. The fraction of sp³-hybridized carbons (Fsp3) is 0.636. The van der Waals surface area contributed by atoms with Crippen molar-refractivity contribution >= 4 is 22.1 Å². The Morgan fingerprint density at radius 1 is 1.40 bits per heavy atom. The molecule has 0 spiro atoms. The predicted octanol–water partition coefficient (Wildman–Crippen LogP) is 1.50. The average molecular weight is 304 g/mol. The third-order valence-corrected chi connectivity index (χ3v) is 3.10. The summed E-state index contributed by atoms with van der Waals surface area (Å²) in [4.78, 5) is 11.2. The molecule has 1 rings (SSSR count). The lowest BCUT2D eigenvalue weighted by molar-refractivity contribution is 0.121. The van der Waals surface area contributed by atoms with Crippen molar-refractivity contribution in [2.45, 2.75) is 46.1 Å². The molecular weight excluding hydrogens is 284 g/mol. The van der Waals surface area contributed by atoms with Crippen LogP contribution in [-0.4, -0.2) is 30.8 Å². The van der Waals surface area contributed by atoms with E-state index in [0.29, 0.717) is 0 Å². The number of rotatable bonds is 4. The molecule has 3 N–H and O–H groups in total. The molecule has 0 aliphatic carbocycles. The molecule has 0 aliphatic rings. The van der Waals surface area contributed by atoms with Gasteiger partial charge in [-0.3, -0.25) is 5.10 Å². The van der Waals surface area contributed by atoms with Gasteiger partial charge in [0.05, 0.1) is 6.10 Å². The third kappa shape index (κ3) is 5.08. The lowest BCUT2D eigenvalue weighted by Gasteiger charge is -2.14. The van der Waals surface area contributed by atoms with E-state index in [1.807, 2.05) is 20.8 Å². The van der Waals surface area contributed by atoms with Crippen LogP contribution in [0.4, 0.5) is 10.6 Å². The van der Waals surface area contributed by atoms with E-state index in [0.717, 1.165) is 5.69 Å². The number of aromatic nitrogens is 2. The van der Waals surface area contributed by atoms with E-state index in [1.165, 1.54) is 0 Å². The SMILES string of the molecule is CC(C)OC(=O)NS(=O)(=O)Nc1cc(C(C)(C)C)[nH]n1. The summed E-state index contributed by atoms with van der Waals surface area (Å²) in [7, 11) is -4.07. The zero-order valence-electron chi connectivity index (χ0n) is 12.1. The van der Waals surface area contributed by atoms with Crippen molar-refractivity contribution in [3.8, 4) is 0 Å². The zero-order chi connectivity index (χ0) is 15.6. The number of nitrogens with one attached hydrogen (secondary N) is 3. The Kier molecular flexibility index (Phi) is 4.64. The maximum atomic E-state index is 11.7. The highest BCUT2D eigenvalue weighted by molar-refractivity contribution is 7.91. The van der Waals surface area contributed by atoms with E-state index in [1.54, 1.807) is 24.6 Å². The van der Waals surface area contributed by atoms with Crippen LogP contribution in [0.15, 0.2) is 6.07 Å². The summed E-state index contributed by atoms with van der Waals surface area (Å²) in [6.07, 6.45) is -1.46. The molecule has 0 saturated heterocycles. The summed E-state index contributed by atoms with van der Waals surface area (Å²) in [6, 6.07) is 1.56. The summed E-state index contributed by atoms with van der Waals surface area (Å²) in [5, 5.41) is 6.56. The van der Waals surface area contributed by atoms with Gasteiger partial charge in [-0.25, -0.2) is 14.2 Å². The van der Waals surface area contributed by atoms with Crippen molar-refractivity contribution in [1.82, 2.24) is 14.9 Å². The van der Waals surface area contributed by atoms with Crippen LogP contribution in [0.25, 0.3) is 0 Å². The molecule has 0 aromatic carbocycles. The molecule has 0 saturated carbocycles. The minimum absolute atomic E-state index is 0.0970. The number of hydrogen-bond donors (Lipinski definition) is 3. The van der Waals surface area contributed by atoms with Gasteiger partial charge >= 0.3 is 16.3 Å². The topological polar surface area (TPSA) is 113 Å². The van der Waals surface area contributed by atoms with E-state index < -0.39 is 22.4 Å². The maximum Gasteiger partial charge on any atom is 0.422 e. The molecule has 1 heterocycles.